The second-order valence-electron chi connectivity index (χ2n) is 5.07. The summed E-state index contributed by atoms with van der Waals surface area (Å²) in [7, 11) is 0. The van der Waals surface area contributed by atoms with Gasteiger partial charge in [0.05, 0.1) is 6.61 Å². The average Bonchev–Trinajstić information content (AvgIpc) is 2.93. The van der Waals surface area contributed by atoms with E-state index in [4.69, 9.17) is 4.74 Å². The largest absolute Gasteiger partial charge is 0.493 e. The molecule has 20 heavy (non-hydrogen) atoms. The average molecular weight is 273 g/mol. The molecule has 0 aliphatic carbocycles. The van der Waals surface area contributed by atoms with Gasteiger partial charge in [0.2, 0.25) is 5.91 Å². The van der Waals surface area contributed by atoms with Crippen LogP contribution in [-0.4, -0.2) is 30.5 Å². The van der Waals surface area contributed by atoms with E-state index in [-0.39, 0.29) is 5.91 Å². The summed E-state index contributed by atoms with van der Waals surface area (Å²) in [5, 5.41) is 0. The number of unbranched alkanes of at least 4 members (excludes halogenated alkanes) is 1. The van der Waals surface area contributed by atoms with Crippen LogP contribution in [0, 0.1) is 0 Å². The van der Waals surface area contributed by atoms with Gasteiger partial charge in [0.1, 0.15) is 5.75 Å². The number of nitrogens with zero attached hydrogens (tertiary/aromatic N) is 1. The molecule has 0 aromatic heterocycles. The number of fused-ring (bicyclic) bond motifs is 1. The van der Waals surface area contributed by atoms with Crippen LogP contribution in [0.5, 0.6) is 5.75 Å². The standard InChI is InChI=1S/C17H23NO2/c1-3-5-11-18(4-2)17(19)9-7-14-6-8-16-15(13-14)10-12-20-16/h6-9,13H,3-5,10-12H2,1-2H3/b9-7+. The fourth-order valence-electron chi connectivity index (χ4n) is 2.36. The van der Waals surface area contributed by atoms with E-state index in [1.54, 1.807) is 6.08 Å². The number of ether oxygens (including phenoxy) is 1. The van der Waals surface area contributed by atoms with Crippen molar-refractivity contribution in [3.05, 3.63) is 35.4 Å². The van der Waals surface area contributed by atoms with Gasteiger partial charge in [0.25, 0.3) is 0 Å². The summed E-state index contributed by atoms with van der Waals surface area (Å²) in [6.07, 6.45) is 6.71. The highest BCUT2D eigenvalue weighted by atomic mass is 16.5. The lowest BCUT2D eigenvalue weighted by Gasteiger charge is -2.18. The van der Waals surface area contributed by atoms with Crippen molar-refractivity contribution in [3.8, 4) is 5.75 Å². The Balaban J connectivity index is 1.99. The Morgan fingerprint density at radius 1 is 1.40 bits per heavy atom. The number of hydrogen-bond donors (Lipinski definition) is 0. The topological polar surface area (TPSA) is 29.5 Å². The summed E-state index contributed by atoms with van der Waals surface area (Å²) < 4.78 is 5.48. The SMILES string of the molecule is CCCCN(CC)C(=O)/C=C/c1ccc2c(c1)CCO2. The van der Waals surface area contributed by atoms with Crippen molar-refractivity contribution in [2.75, 3.05) is 19.7 Å². The number of amides is 1. The van der Waals surface area contributed by atoms with Gasteiger partial charge in [-0.1, -0.05) is 19.4 Å². The Hall–Kier alpha value is -1.77. The van der Waals surface area contributed by atoms with Crippen molar-refractivity contribution >= 4 is 12.0 Å². The van der Waals surface area contributed by atoms with Crippen LogP contribution in [0.3, 0.4) is 0 Å². The van der Waals surface area contributed by atoms with Gasteiger partial charge in [-0.25, -0.2) is 0 Å². The van der Waals surface area contributed by atoms with Gasteiger partial charge in [0, 0.05) is 25.6 Å². The molecular weight excluding hydrogens is 250 g/mol. The van der Waals surface area contributed by atoms with E-state index in [9.17, 15) is 4.79 Å². The molecule has 1 amide bonds. The van der Waals surface area contributed by atoms with E-state index < -0.39 is 0 Å². The van der Waals surface area contributed by atoms with Crippen molar-refractivity contribution in [1.82, 2.24) is 4.90 Å². The molecule has 0 saturated heterocycles. The summed E-state index contributed by atoms with van der Waals surface area (Å²) in [6, 6.07) is 6.09. The summed E-state index contributed by atoms with van der Waals surface area (Å²) >= 11 is 0. The molecule has 0 atom stereocenters. The molecule has 0 unspecified atom stereocenters. The van der Waals surface area contributed by atoms with E-state index in [1.165, 1.54) is 5.56 Å². The summed E-state index contributed by atoms with van der Waals surface area (Å²) in [5.41, 5.74) is 2.30. The van der Waals surface area contributed by atoms with Gasteiger partial charge in [-0.3, -0.25) is 4.79 Å². The second kappa shape index (κ2) is 7.13. The first kappa shape index (κ1) is 14.6. The maximum absolute atomic E-state index is 12.1. The molecular formula is C17H23NO2. The molecule has 0 radical (unpaired) electrons. The molecule has 3 nitrogen and oxygen atoms in total. The Bertz CT molecular complexity index is 494. The predicted octanol–water partition coefficient (Wildman–Crippen LogP) is 3.28. The maximum Gasteiger partial charge on any atom is 0.246 e. The highest BCUT2D eigenvalue weighted by Gasteiger charge is 2.11. The Morgan fingerprint density at radius 2 is 2.25 bits per heavy atom. The highest BCUT2D eigenvalue weighted by molar-refractivity contribution is 5.91. The summed E-state index contributed by atoms with van der Waals surface area (Å²) in [6.45, 7) is 6.53. The lowest BCUT2D eigenvalue weighted by Crippen LogP contribution is -2.30. The van der Waals surface area contributed by atoms with Crippen molar-refractivity contribution in [3.63, 3.8) is 0 Å². The fraction of sp³-hybridized carbons (Fsp3) is 0.471. The van der Waals surface area contributed by atoms with Crippen molar-refractivity contribution < 1.29 is 9.53 Å². The van der Waals surface area contributed by atoms with Crippen LogP contribution in [0.2, 0.25) is 0 Å². The zero-order valence-corrected chi connectivity index (χ0v) is 12.4. The normalized spacial score (nSPS) is 13.3. The van der Waals surface area contributed by atoms with Crippen LogP contribution in [0.25, 0.3) is 6.08 Å². The maximum atomic E-state index is 12.1. The Kier molecular flexibility index (Phi) is 5.22. The summed E-state index contributed by atoms with van der Waals surface area (Å²) in [5.74, 6) is 1.07. The first-order valence-corrected chi connectivity index (χ1v) is 7.47. The minimum atomic E-state index is 0.0951. The van der Waals surface area contributed by atoms with Gasteiger partial charge in [-0.05, 0) is 42.7 Å². The lowest BCUT2D eigenvalue weighted by molar-refractivity contribution is -0.125. The molecule has 1 aliphatic heterocycles. The van der Waals surface area contributed by atoms with Gasteiger partial charge in [0.15, 0.2) is 0 Å². The Labute approximate surface area is 121 Å². The molecule has 0 saturated carbocycles. The third-order valence-electron chi connectivity index (χ3n) is 3.61. The fourth-order valence-corrected chi connectivity index (χ4v) is 2.36. The second-order valence-corrected chi connectivity index (χ2v) is 5.07. The zero-order valence-electron chi connectivity index (χ0n) is 12.4. The third kappa shape index (κ3) is 3.62. The molecule has 2 rings (SSSR count). The third-order valence-corrected chi connectivity index (χ3v) is 3.61. The number of carbonyl (C=O) groups excluding carboxylic acids is 1. The predicted molar refractivity (Wildman–Crippen MR) is 81.8 cm³/mol. The van der Waals surface area contributed by atoms with Crippen LogP contribution < -0.4 is 4.74 Å². The number of carbonyl (C=O) groups is 1. The van der Waals surface area contributed by atoms with Crippen LogP contribution >= 0.6 is 0 Å². The molecule has 0 bridgehead atoms. The van der Waals surface area contributed by atoms with Crippen molar-refractivity contribution in [2.24, 2.45) is 0 Å². The van der Waals surface area contributed by atoms with Crippen LogP contribution in [-0.2, 0) is 11.2 Å². The van der Waals surface area contributed by atoms with E-state index >= 15 is 0 Å². The van der Waals surface area contributed by atoms with E-state index in [0.29, 0.717) is 0 Å². The first-order chi connectivity index (χ1) is 9.74. The Morgan fingerprint density at radius 3 is 3.00 bits per heavy atom. The molecule has 0 spiro atoms. The quantitative estimate of drug-likeness (QED) is 0.744. The van der Waals surface area contributed by atoms with Gasteiger partial charge in [-0.15, -0.1) is 0 Å². The molecule has 1 aromatic rings. The van der Waals surface area contributed by atoms with Crippen LogP contribution in [0.15, 0.2) is 24.3 Å². The molecule has 1 aromatic carbocycles. The minimum absolute atomic E-state index is 0.0951. The molecule has 0 N–H and O–H groups in total. The van der Waals surface area contributed by atoms with E-state index in [1.807, 2.05) is 30.0 Å². The van der Waals surface area contributed by atoms with E-state index in [0.717, 1.165) is 50.3 Å². The molecule has 0 fully saturated rings. The van der Waals surface area contributed by atoms with Crippen LogP contribution in [0.4, 0.5) is 0 Å². The number of rotatable bonds is 6. The molecule has 1 aliphatic rings. The smallest absolute Gasteiger partial charge is 0.246 e. The monoisotopic (exact) mass is 273 g/mol. The molecule has 108 valence electrons. The molecule has 3 heteroatoms. The molecule has 1 heterocycles. The highest BCUT2D eigenvalue weighted by Crippen LogP contribution is 2.26. The van der Waals surface area contributed by atoms with Gasteiger partial charge < -0.3 is 9.64 Å². The van der Waals surface area contributed by atoms with Gasteiger partial charge >= 0.3 is 0 Å². The summed E-state index contributed by atoms with van der Waals surface area (Å²) in [4.78, 5) is 14.0. The zero-order chi connectivity index (χ0) is 14.4. The van der Waals surface area contributed by atoms with Crippen LogP contribution in [0.1, 0.15) is 37.8 Å². The first-order valence-electron chi connectivity index (χ1n) is 7.47. The van der Waals surface area contributed by atoms with Gasteiger partial charge in [-0.2, -0.15) is 0 Å². The number of benzene rings is 1. The van der Waals surface area contributed by atoms with Crippen molar-refractivity contribution in [2.45, 2.75) is 33.1 Å². The number of likely N-dealkylation sites (N-methyl/N-ethyl adjacent to an activating group) is 1. The van der Waals surface area contributed by atoms with Crippen molar-refractivity contribution in [1.29, 1.82) is 0 Å². The van der Waals surface area contributed by atoms with E-state index in [2.05, 4.69) is 13.0 Å². The lowest BCUT2D eigenvalue weighted by atomic mass is 10.1. The minimum Gasteiger partial charge on any atom is -0.493 e. The number of hydrogen-bond acceptors (Lipinski definition) is 2.